The fourth-order valence-electron chi connectivity index (χ4n) is 4.13. The number of ether oxygens (including phenoxy) is 2. The Morgan fingerprint density at radius 2 is 1.91 bits per heavy atom. The van der Waals surface area contributed by atoms with Crippen molar-refractivity contribution in [3.8, 4) is 22.8 Å². The molecule has 0 spiro atoms. The minimum atomic E-state index is -0.0172. The summed E-state index contributed by atoms with van der Waals surface area (Å²) < 4.78 is 14.9. The van der Waals surface area contributed by atoms with Crippen LogP contribution in [0.15, 0.2) is 42.6 Å². The number of benzene rings is 2. The van der Waals surface area contributed by atoms with Gasteiger partial charge in [-0.15, -0.1) is 0 Å². The highest BCUT2D eigenvalue weighted by Gasteiger charge is 2.29. The van der Waals surface area contributed by atoms with Gasteiger partial charge in [0.2, 0.25) is 0 Å². The molecule has 1 aliphatic heterocycles. The molecular formula is C24H26Cl2N3O3+. The molecule has 0 fully saturated rings. The lowest BCUT2D eigenvalue weighted by atomic mass is 10.1. The number of nitrogens with zero attached hydrogens (tertiary/aromatic N) is 2. The predicted molar refractivity (Wildman–Crippen MR) is 125 cm³/mol. The maximum Gasteiger partial charge on any atom is 0.262 e. The number of amides is 1. The molecular weight excluding hydrogens is 449 g/mol. The van der Waals surface area contributed by atoms with Crippen molar-refractivity contribution in [3.05, 3.63) is 64.0 Å². The number of nitrogens with one attached hydrogen (secondary N) is 1. The Labute approximate surface area is 197 Å². The largest absolute Gasteiger partial charge is 0.493 e. The zero-order valence-corrected chi connectivity index (χ0v) is 19.7. The second-order valence-corrected chi connectivity index (χ2v) is 8.55. The molecule has 4 rings (SSSR count). The molecule has 8 heteroatoms. The van der Waals surface area contributed by atoms with E-state index in [9.17, 15) is 4.79 Å². The zero-order valence-electron chi connectivity index (χ0n) is 18.2. The van der Waals surface area contributed by atoms with Crippen LogP contribution in [0.4, 0.5) is 0 Å². The topological polar surface area (TPSA) is 56.4 Å². The van der Waals surface area contributed by atoms with E-state index >= 15 is 0 Å². The standard InChI is InChI=1S/C24H25Cl2N3O3/c1-31-21-8-5-16(12-22(21)32-2)9-10-27-23(30)15-28-14-20(29-11-3-4-24(28)29)17-6-7-18(25)19(26)13-17/h5-8,12-14H,3-4,9-11,15H2,1-2H3/p+1. The van der Waals surface area contributed by atoms with Crippen molar-refractivity contribution in [1.29, 1.82) is 0 Å². The number of carbonyl (C=O) groups excluding carboxylic acids is 1. The maximum absolute atomic E-state index is 12.6. The van der Waals surface area contributed by atoms with Crippen LogP contribution in [-0.4, -0.2) is 31.2 Å². The molecule has 0 saturated carbocycles. The number of halogens is 2. The van der Waals surface area contributed by atoms with E-state index < -0.39 is 0 Å². The Morgan fingerprint density at radius 3 is 2.66 bits per heavy atom. The summed E-state index contributed by atoms with van der Waals surface area (Å²) in [7, 11) is 3.23. The molecule has 1 N–H and O–H groups in total. The summed E-state index contributed by atoms with van der Waals surface area (Å²) in [6.45, 7) is 1.76. The smallest absolute Gasteiger partial charge is 0.262 e. The van der Waals surface area contributed by atoms with Crippen molar-refractivity contribution in [2.24, 2.45) is 0 Å². The van der Waals surface area contributed by atoms with Crippen molar-refractivity contribution >= 4 is 29.1 Å². The number of methoxy groups -OCH3 is 2. The molecule has 1 amide bonds. The molecule has 0 atom stereocenters. The zero-order chi connectivity index (χ0) is 22.7. The van der Waals surface area contributed by atoms with E-state index in [1.165, 1.54) is 0 Å². The lowest BCUT2D eigenvalue weighted by Crippen LogP contribution is -2.44. The molecule has 0 unspecified atom stereocenters. The number of imidazole rings is 1. The van der Waals surface area contributed by atoms with Crippen molar-refractivity contribution < 1.29 is 18.8 Å². The van der Waals surface area contributed by atoms with Crippen molar-refractivity contribution in [2.45, 2.75) is 32.4 Å². The predicted octanol–water partition coefficient (Wildman–Crippen LogP) is 4.07. The van der Waals surface area contributed by atoms with E-state index in [4.69, 9.17) is 32.7 Å². The summed E-state index contributed by atoms with van der Waals surface area (Å²) in [5, 5.41) is 4.08. The Hall–Kier alpha value is -2.70. The minimum Gasteiger partial charge on any atom is -0.493 e. The van der Waals surface area contributed by atoms with E-state index in [0.717, 1.165) is 42.0 Å². The van der Waals surface area contributed by atoms with E-state index in [2.05, 4.69) is 9.88 Å². The van der Waals surface area contributed by atoms with Gasteiger partial charge >= 0.3 is 0 Å². The van der Waals surface area contributed by atoms with Gasteiger partial charge in [0, 0.05) is 12.1 Å². The average Bonchev–Trinajstić information content (AvgIpc) is 3.39. The first-order valence-corrected chi connectivity index (χ1v) is 11.3. The SMILES string of the molecule is COc1ccc(CCNC(=O)C[n+]2cc(-c3ccc(Cl)c(Cl)c3)n3c2CCC3)cc1OC. The van der Waals surface area contributed by atoms with Gasteiger partial charge in [0.05, 0.1) is 37.2 Å². The van der Waals surface area contributed by atoms with Gasteiger partial charge in [-0.05, 0) is 48.7 Å². The molecule has 0 aliphatic carbocycles. The van der Waals surface area contributed by atoms with Gasteiger partial charge in [-0.1, -0.05) is 29.3 Å². The van der Waals surface area contributed by atoms with Crippen LogP contribution < -0.4 is 19.4 Å². The van der Waals surface area contributed by atoms with Crippen LogP contribution in [0.5, 0.6) is 11.5 Å². The molecule has 168 valence electrons. The second kappa shape index (κ2) is 9.84. The first kappa shape index (κ1) is 22.5. The van der Waals surface area contributed by atoms with Crippen LogP contribution in [0.1, 0.15) is 17.8 Å². The number of hydrogen-bond donors (Lipinski definition) is 1. The second-order valence-electron chi connectivity index (χ2n) is 7.73. The average molecular weight is 475 g/mol. The molecule has 32 heavy (non-hydrogen) atoms. The summed E-state index contributed by atoms with van der Waals surface area (Å²) in [5.41, 5.74) is 3.12. The van der Waals surface area contributed by atoms with E-state index in [-0.39, 0.29) is 12.5 Å². The van der Waals surface area contributed by atoms with Crippen LogP contribution in [0, 0.1) is 0 Å². The normalized spacial score (nSPS) is 12.5. The summed E-state index contributed by atoms with van der Waals surface area (Å²) in [6, 6.07) is 11.4. The quantitative estimate of drug-likeness (QED) is 0.500. The Morgan fingerprint density at radius 1 is 1.09 bits per heavy atom. The van der Waals surface area contributed by atoms with Gasteiger partial charge in [0.15, 0.2) is 23.7 Å². The molecule has 0 saturated heterocycles. The van der Waals surface area contributed by atoms with Crippen LogP contribution in [0.25, 0.3) is 11.3 Å². The van der Waals surface area contributed by atoms with Gasteiger partial charge in [0.25, 0.3) is 11.7 Å². The Bertz CT molecular complexity index is 1140. The summed E-state index contributed by atoms with van der Waals surface area (Å²) in [5.74, 6) is 2.51. The highest BCUT2D eigenvalue weighted by molar-refractivity contribution is 6.42. The number of carbonyl (C=O) groups is 1. The van der Waals surface area contributed by atoms with E-state index in [1.807, 2.05) is 41.1 Å². The van der Waals surface area contributed by atoms with Crippen LogP contribution in [-0.2, 0) is 30.7 Å². The third-order valence-electron chi connectivity index (χ3n) is 5.71. The van der Waals surface area contributed by atoms with Gasteiger partial charge in [-0.2, -0.15) is 0 Å². The van der Waals surface area contributed by atoms with Crippen LogP contribution in [0.3, 0.4) is 0 Å². The maximum atomic E-state index is 12.6. The molecule has 3 aromatic rings. The van der Waals surface area contributed by atoms with E-state index in [0.29, 0.717) is 34.5 Å². The summed E-state index contributed by atoms with van der Waals surface area (Å²) in [6.07, 6.45) is 4.74. The number of hydrogen-bond acceptors (Lipinski definition) is 3. The van der Waals surface area contributed by atoms with Crippen LogP contribution in [0.2, 0.25) is 10.0 Å². The number of rotatable bonds is 8. The third kappa shape index (κ3) is 4.71. The highest BCUT2D eigenvalue weighted by atomic mass is 35.5. The molecule has 0 radical (unpaired) electrons. The van der Waals surface area contributed by atoms with E-state index in [1.54, 1.807) is 20.3 Å². The minimum absolute atomic E-state index is 0.0172. The first-order chi connectivity index (χ1) is 15.5. The molecule has 0 bridgehead atoms. The Kier molecular flexibility index (Phi) is 6.92. The molecule has 6 nitrogen and oxygen atoms in total. The van der Waals surface area contributed by atoms with Gasteiger partial charge in [0.1, 0.15) is 6.20 Å². The fraction of sp³-hybridized carbons (Fsp3) is 0.333. The molecule has 1 aromatic heterocycles. The molecule has 1 aliphatic rings. The third-order valence-corrected chi connectivity index (χ3v) is 6.45. The van der Waals surface area contributed by atoms with Crippen molar-refractivity contribution in [2.75, 3.05) is 20.8 Å². The summed E-state index contributed by atoms with van der Waals surface area (Å²) >= 11 is 12.3. The highest BCUT2D eigenvalue weighted by Crippen LogP contribution is 2.30. The molecule has 2 aromatic carbocycles. The first-order valence-electron chi connectivity index (χ1n) is 10.5. The van der Waals surface area contributed by atoms with Crippen LogP contribution >= 0.6 is 23.2 Å². The fourth-order valence-corrected chi connectivity index (χ4v) is 4.42. The molecule has 2 heterocycles. The Balaban J connectivity index is 1.41. The monoisotopic (exact) mass is 474 g/mol. The number of fused-ring (bicyclic) bond motifs is 1. The number of aromatic nitrogens is 2. The van der Waals surface area contributed by atoms with Gasteiger partial charge < -0.3 is 14.8 Å². The summed E-state index contributed by atoms with van der Waals surface area (Å²) in [4.78, 5) is 12.6. The van der Waals surface area contributed by atoms with Gasteiger partial charge in [-0.3, -0.25) is 4.79 Å². The lowest BCUT2D eigenvalue weighted by Gasteiger charge is -2.10. The van der Waals surface area contributed by atoms with Gasteiger partial charge in [-0.25, -0.2) is 9.13 Å². The lowest BCUT2D eigenvalue weighted by molar-refractivity contribution is -0.690. The van der Waals surface area contributed by atoms with Crippen molar-refractivity contribution in [1.82, 2.24) is 9.88 Å². The van der Waals surface area contributed by atoms with Crippen molar-refractivity contribution in [3.63, 3.8) is 0 Å².